The molecule has 0 radical (unpaired) electrons. The Balaban J connectivity index is 3.74. The average molecular weight is 217 g/mol. The third kappa shape index (κ3) is 9.69. The van der Waals surface area contributed by atoms with Crippen LogP contribution in [-0.2, 0) is 4.79 Å². The van der Waals surface area contributed by atoms with E-state index in [1.54, 1.807) is 0 Å². The summed E-state index contributed by atoms with van der Waals surface area (Å²) in [6, 6.07) is 0. The van der Waals surface area contributed by atoms with Gasteiger partial charge in [-0.25, -0.2) is 0 Å². The Morgan fingerprint density at radius 2 is 1.93 bits per heavy atom. The zero-order chi connectivity index (χ0) is 11.7. The van der Waals surface area contributed by atoms with Gasteiger partial charge in [-0.2, -0.15) is 0 Å². The van der Waals surface area contributed by atoms with Crippen molar-refractivity contribution in [3.8, 4) is 0 Å². The maximum absolute atomic E-state index is 10.6. The van der Waals surface area contributed by atoms with Crippen molar-refractivity contribution >= 4 is 5.97 Å². The average Bonchev–Trinajstić information content (AvgIpc) is 2.10. The summed E-state index contributed by atoms with van der Waals surface area (Å²) in [5, 5.41) is 17.3. The van der Waals surface area contributed by atoms with E-state index in [1.807, 2.05) is 4.90 Å². The monoisotopic (exact) mass is 217 g/mol. The van der Waals surface area contributed by atoms with Crippen LogP contribution in [0.2, 0.25) is 0 Å². The van der Waals surface area contributed by atoms with Crippen molar-refractivity contribution in [2.75, 3.05) is 26.2 Å². The van der Waals surface area contributed by atoms with Crippen molar-refractivity contribution in [2.45, 2.75) is 33.1 Å². The number of carboxylic acid groups (broad SMARTS) is 1. The number of hydrogen-bond donors (Lipinski definition) is 2. The summed E-state index contributed by atoms with van der Waals surface area (Å²) in [7, 11) is 0. The van der Waals surface area contributed by atoms with Crippen LogP contribution in [0.5, 0.6) is 0 Å². The molecule has 0 spiro atoms. The Morgan fingerprint density at radius 3 is 2.40 bits per heavy atom. The van der Waals surface area contributed by atoms with Crippen LogP contribution in [0, 0.1) is 5.92 Å². The van der Waals surface area contributed by atoms with Crippen molar-refractivity contribution in [1.29, 1.82) is 0 Å². The molecule has 0 saturated carbocycles. The lowest BCUT2D eigenvalue weighted by molar-refractivity contribution is -0.138. The molecule has 0 bridgehead atoms. The molecule has 15 heavy (non-hydrogen) atoms. The number of aliphatic hydroxyl groups excluding tert-OH is 1. The van der Waals surface area contributed by atoms with Gasteiger partial charge in [0.25, 0.3) is 0 Å². The van der Waals surface area contributed by atoms with E-state index in [9.17, 15) is 4.79 Å². The lowest BCUT2D eigenvalue weighted by Gasteiger charge is -2.22. The number of unbranched alkanes of at least 4 members (excludes halogenated alkanes) is 2. The van der Waals surface area contributed by atoms with Gasteiger partial charge in [0.1, 0.15) is 0 Å². The summed E-state index contributed by atoms with van der Waals surface area (Å²) in [5.41, 5.74) is 0. The number of nitrogens with zero attached hydrogens (tertiary/aromatic N) is 1. The second-order valence-corrected chi connectivity index (χ2v) is 4.31. The van der Waals surface area contributed by atoms with Gasteiger partial charge in [0.15, 0.2) is 0 Å². The maximum Gasteiger partial charge on any atom is 0.317 e. The summed E-state index contributed by atoms with van der Waals surface area (Å²) in [6.45, 7) is 6.15. The van der Waals surface area contributed by atoms with Crippen LogP contribution in [0.25, 0.3) is 0 Å². The first-order valence-corrected chi connectivity index (χ1v) is 5.61. The van der Waals surface area contributed by atoms with E-state index in [0.29, 0.717) is 5.92 Å². The molecule has 0 rings (SSSR count). The summed E-state index contributed by atoms with van der Waals surface area (Å²) >= 11 is 0. The number of rotatable bonds is 9. The van der Waals surface area contributed by atoms with Crippen molar-refractivity contribution < 1.29 is 15.0 Å². The lowest BCUT2D eigenvalue weighted by Crippen LogP contribution is -2.33. The van der Waals surface area contributed by atoms with E-state index in [-0.39, 0.29) is 13.2 Å². The highest BCUT2D eigenvalue weighted by Crippen LogP contribution is 2.02. The molecule has 90 valence electrons. The minimum atomic E-state index is -0.766. The summed E-state index contributed by atoms with van der Waals surface area (Å²) in [5.74, 6) is -0.278. The SMILES string of the molecule is CC(C)CN(CCCCCO)CC(=O)O. The highest BCUT2D eigenvalue weighted by Gasteiger charge is 2.10. The van der Waals surface area contributed by atoms with Gasteiger partial charge in [0, 0.05) is 13.2 Å². The molecule has 0 amide bonds. The number of carbonyl (C=O) groups is 1. The topological polar surface area (TPSA) is 60.8 Å². The van der Waals surface area contributed by atoms with E-state index in [4.69, 9.17) is 10.2 Å². The van der Waals surface area contributed by atoms with Crippen LogP contribution >= 0.6 is 0 Å². The van der Waals surface area contributed by atoms with Crippen LogP contribution in [-0.4, -0.2) is 47.3 Å². The predicted octanol–water partition coefficient (Wildman–Crippen LogP) is 1.19. The molecule has 0 unspecified atom stereocenters. The summed E-state index contributed by atoms with van der Waals surface area (Å²) < 4.78 is 0. The Bertz CT molecular complexity index is 171. The fourth-order valence-electron chi connectivity index (χ4n) is 1.57. The normalized spacial score (nSPS) is 11.3. The maximum atomic E-state index is 10.6. The van der Waals surface area contributed by atoms with Gasteiger partial charge in [-0.05, 0) is 31.7 Å². The minimum Gasteiger partial charge on any atom is -0.480 e. The van der Waals surface area contributed by atoms with Gasteiger partial charge in [0.2, 0.25) is 0 Å². The van der Waals surface area contributed by atoms with Gasteiger partial charge in [-0.3, -0.25) is 9.69 Å². The molecule has 0 heterocycles. The molecule has 0 atom stereocenters. The fraction of sp³-hybridized carbons (Fsp3) is 0.909. The first kappa shape index (κ1) is 14.4. The Kier molecular flexibility index (Phi) is 8.33. The van der Waals surface area contributed by atoms with Crippen LogP contribution in [0.1, 0.15) is 33.1 Å². The molecule has 0 saturated heterocycles. The summed E-state index contributed by atoms with van der Waals surface area (Å²) in [6.07, 6.45) is 2.73. The van der Waals surface area contributed by atoms with E-state index in [0.717, 1.165) is 32.4 Å². The molecule has 2 N–H and O–H groups in total. The highest BCUT2D eigenvalue weighted by molar-refractivity contribution is 5.69. The van der Waals surface area contributed by atoms with E-state index >= 15 is 0 Å². The first-order chi connectivity index (χ1) is 7.06. The molecule has 4 nitrogen and oxygen atoms in total. The fourth-order valence-corrected chi connectivity index (χ4v) is 1.57. The van der Waals surface area contributed by atoms with Gasteiger partial charge in [-0.15, -0.1) is 0 Å². The molecular formula is C11H23NO3. The standard InChI is InChI=1S/C11H23NO3/c1-10(2)8-12(9-11(14)15)6-4-3-5-7-13/h10,13H,3-9H2,1-2H3,(H,14,15). The molecular weight excluding hydrogens is 194 g/mol. The molecule has 0 aliphatic heterocycles. The van der Waals surface area contributed by atoms with Crippen molar-refractivity contribution in [3.05, 3.63) is 0 Å². The van der Waals surface area contributed by atoms with Crippen molar-refractivity contribution in [2.24, 2.45) is 5.92 Å². The van der Waals surface area contributed by atoms with Gasteiger partial charge < -0.3 is 10.2 Å². The second-order valence-electron chi connectivity index (χ2n) is 4.31. The lowest BCUT2D eigenvalue weighted by atomic mass is 10.2. The Morgan fingerprint density at radius 1 is 1.27 bits per heavy atom. The number of aliphatic hydroxyl groups is 1. The van der Waals surface area contributed by atoms with Gasteiger partial charge >= 0.3 is 5.97 Å². The van der Waals surface area contributed by atoms with Crippen molar-refractivity contribution in [1.82, 2.24) is 4.90 Å². The third-order valence-corrected chi connectivity index (χ3v) is 2.11. The molecule has 0 aromatic carbocycles. The Labute approximate surface area is 91.9 Å². The minimum absolute atomic E-state index is 0.122. The largest absolute Gasteiger partial charge is 0.480 e. The number of carboxylic acids is 1. The number of aliphatic carboxylic acids is 1. The van der Waals surface area contributed by atoms with Gasteiger partial charge in [0.05, 0.1) is 6.54 Å². The summed E-state index contributed by atoms with van der Waals surface area (Å²) in [4.78, 5) is 12.6. The van der Waals surface area contributed by atoms with Crippen LogP contribution in [0.4, 0.5) is 0 Å². The van der Waals surface area contributed by atoms with Gasteiger partial charge in [-0.1, -0.05) is 13.8 Å². The Hall–Kier alpha value is -0.610. The third-order valence-electron chi connectivity index (χ3n) is 2.11. The molecule has 0 aliphatic rings. The molecule has 0 aromatic heterocycles. The predicted molar refractivity (Wildman–Crippen MR) is 59.9 cm³/mol. The van der Waals surface area contributed by atoms with Crippen LogP contribution in [0.3, 0.4) is 0 Å². The zero-order valence-corrected chi connectivity index (χ0v) is 9.78. The number of hydrogen-bond acceptors (Lipinski definition) is 3. The quantitative estimate of drug-likeness (QED) is 0.570. The van der Waals surface area contributed by atoms with E-state index in [1.165, 1.54) is 0 Å². The first-order valence-electron chi connectivity index (χ1n) is 5.61. The van der Waals surface area contributed by atoms with Crippen LogP contribution < -0.4 is 0 Å². The molecule has 0 fully saturated rings. The molecule has 4 heteroatoms. The molecule has 0 aromatic rings. The van der Waals surface area contributed by atoms with Crippen molar-refractivity contribution in [3.63, 3.8) is 0 Å². The zero-order valence-electron chi connectivity index (χ0n) is 9.78. The highest BCUT2D eigenvalue weighted by atomic mass is 16.4. The van der Waals surface area contributed by atoms with E-state index in [2.05, 4.69) is 13.8 Å². The molecule has 0 aliphatic carbocycles. The van der Waals surface area contributed by atoms with E-state index < -0.39 is 5.97 Å². The second kappa shape index (κ2) is 8.68. The smallest absolute Gasteiger partial charge is 0.317 e. The van der Waals surface area contributed by atoms with Crippen LogP contribution in [0.15, 0.2) is 0 Å².